The number of hydrogen-bond donors (Lipinski definition) is 2. The molecule has 1 aromatic carbocycles. The van der Waals surface area contributed by atoms with E-state index in [1.807, 2.05) is 0 Å². The monoisotopic (exact) mass is 287 g/mol. The Morgan fingerprint density at radius 1 is 1.26 bits per heavy atom. The Morgan fingerprint density at radius 3 is 2.42 bits per heavy atom. The molecule has 0 radical (unpaired) electrons. The highest BCUT2D eigenvalue weighted by Crippen LogP contribution is 2.26. The van der Waals surface area contributed by atoms with Crippen molar-refractivity contribution < 1.29 is 22.7 Å². The number of carboxylic acids is 1. The van der Waals surface area contributed by atoms with Gasteiger partial charge < -0.3 is 5.11 Å². The number of benzene rings is 1. The van der Waals surface area contributed by atoms with Crippen LogP contribution in [0.1, 0.15) is 19.3 Å². The predicted octanol–water partition coefficient (Wildman–Crippen LogP) is 1.36. The van der Waals surface area contributed by atoms with Gasteiger partial charge >= 0.3 is 5.97 Å². The summed E-state index contributed by atoms with van der Waals surface area (Å²) in [5.74, 6) is -1.91. The fourth-order valence-electron chi connectivity index (χ4n) is 2.21. The van der Waals surface area contributed by atoms with Gasteiger partial charge in [-0.05, 0) is 43.5 Å². The van der Waals surface area contributed by atoms with Crippen LogP contribution in [0.15, 0.2) is 29.2 Å². The van der Waals surface area contributed by atoms with Crippen molar-refractivity contribution >= 4 is 16.0 Å². The van der Waals surface area contributed by atoms with Crippen LogP contribution in [-0.2, 0) is 14.8 Å². The molecule has 2 rings (SSSR count). The van der Waals surface area contributed by atoms with E-state index < -0.39 is 27.7 Å². The Morgan fingerprint density at radius 2 is 1.89 bits per heavy atom. The minimum absolute atomic E-state index is 0.0207. The molecule has 1 aromatic rings. The molecule has 0 unspecified atom stereocenters. The third-order valence-corrected chi connectivity index (χ3v) is 4.76. The van der Waals surface area contributed by atoms with Crippen molar-refractivity contribution in [2.45, 2.75) is 30.2 Å². The van der Waals surface area contributed by atoms with Crippen LogP contribution in [0.4, 0.5) is 4.39 Å². The molecule has 0 saturated heterocycles. The number of carboxylic acid groups (broad SMARTS) is 1. The van der Waals surface area contributed by atoms with Gasteiger partial charge in [0.25, 0.3) is 0 Å². The standard InChI is InChI=1S/C12H14FNO4S/c13-9-2-5-11(6-3-9)19(17,18)14-10-4-1-8(7-10)12(15)16/h2-3,5-6,8,10,14H,1,4,7H2,(H,15,16)/t8-,10+/m1/s1. The third-order valence-electron chi connectivity index (χ3n) is 3.23. The van der Waals surface area contributed by atoms with Crippen LogP contribution >= 0.6 is 0 Å². The van der Waals surface area contributed by atoms with Gasteiger partial charge in [0.1, 0.15) is 5.82 Å². The van der Waals surface area contributed by atoms with Gasteiger partial charge in [-0.15, -0.1) is 0 Å². The van der Waals surface area contributed by atoms with Gasteiger partial charge in [0.15, 0.2) is 0 Å². The van der Waals surface area contributed by atoms with Crippen molar-refractivity contribution in [1.29, 1.82) is 0 Å². The van der Waals surface area contributed by atoms with Crippen molar-refractivity contribution in [2.24, 2.45) is 5.92 Å². The lowest BCUT2D eigenvalue weighted by Gasteiger charge is -2.12. The van der Waals surface area contributed by atoms with Crippen LogP contribution < -0.4 is 4.72 Å². The summed E-state index contributed by atoms with van der Waals surface area (Å²) in [7, 11) is -3.72. The van der Waals surface area contributed by atoms with Crippen LogP contribution in [0, 0.1) is 11.7 Å². The average Bonchev–Trinajstić information content (AvgIpc) is 2.77. The van der Waals surface area contributed by atoms with Crippen LogP contribution in [0.25, 0.3) is 0 Å². The second-order valence-electron chi connectivity index (χ2n) is 4.62. The van der Waals surface area contributed by atoms with E-state index in [0.29, 0.717) is 12.8 Å². The fraction of sp³-hybridized carbons (Fsp3) is 0.417. The summed E-state index contributed by atoms with van der Waals surface area (Å²) in [6.07, 6.45) is 1.25. The molecule has 1 saturated carbocycles. The molecular formula is C12H14FNO4S. The van der Waals surface area contributed by atoms with Crippen molar-refractivity contribution in [3.05, 3.63) is 30.1 Å². The van der Waals surface area contributed by atoms with Crippen molar-refractivity contribution in [2.75, 3.05) is 0 Å². The highest BCUT2D eigenvalue weighted by atomic mass is 32.2. The average molecular weight is 287 g/mol. The molecule has 0 aliphatic heterocycles. The van der Waals surface area contributed by atoms with Crippen LogP contribution in [0.5, 0.6) is 0 Å². The van der Waals surface area contributed by atoms with Crippen molar-refractivity contribution in [3.8, 4) is 0 Å². The summed E-state index contributed by atoms with van der Waals surface area (Å²) >= 11 is 0. The Kier molecular flexibility index (Phi) is 3.86. The molecule has 7 heteroatoms. The lowest BCUT2D eigenvalue weighted by molar-refractivity contribution is -0.141. The van der Waals surface area contributed by atoms with E-state index in [-0.39, 0.29) is 17.4 Å². The Balaban J connectivity index is 2.06. The third kappa shape index (κ3) is 3.30. The molecular weight excluding hydrogens is 273 g/mol. The predicted molar refractivity (Wildman–Crippen MR) is 65.5 cm³/mol. The van der Waals surface area contributed by atoms with E-state index >= 15 is 0 Å². The second kappa shape index (κ2) is 5.26. The van der Waals surface area contributed by atoms with E-state index in [0.717, 1.165) is 12.1 Å². The molecule has 2 N–H and O–H groups in total. The van der Waals surface area contributed by atoms with Gasteiger partial charge in [0, 0.05) is 6.04 Å². The fourth-order valence-corrected chi connectivity index (χ4v) is 3.50. The maximum absolute atomic E-state index is 12.7. The van der Waals surface area contributed by atoms with Crippen LogP contribution in [-0.4, -0.2) is 25.5 Å². The van der Waals surface area contributed by atoms with Crippen LogP contribution in [0.2, 0.25) is 0 Å². The molecule has 1 fully saturated rings. The Bertz CT molecular complexity index is 570. The zero-order valence-corrected chi connectivity index (χ0v) is 10.9. The molecule has 1 aliphatic carbocycles. The Hall–Kier alpha value is -1.47. The van der Waals surface area contributed by atoms with E-state index in [2.05, 4.69) is 4.72 Å². The normalized spacial score (nSPS) is 23.4. The molecule has 0 bridgehead atoms. The quantitative estimate of drug-likeness (QED) is 0.875. The van der Waals surface area contributed by atoms with Crippen LogP contribution in [0.3, 0.4) is 0 Å². The zero-order valence-electron chi connectivity index (χ0n) is 10.0. The van der Waals surface area contributed by atoms with Gasteiger partial charge in [0.2, 0.25) is 10.0 Å². The first kappa shape index (κ1) is 14.0. The van der Waals surface area contributed by atoms with Gasteiger partial charge in [-0.25, -0.2) is 17.5 Å². The molecule has 5 nitrogen and oxygen atoms in total. The molecule has 0 heterocycles. The summed E-state index contributed by atoms with van der Waals surface area (Å²) < 4.78 is 39.2. The lowest BCUT2D eigenvalue weighted by Crippen LogP contribution is -2.33. The minimum Gasteiger partial charge on any atom is -0.481 e. The number of carbonyl (C=O) groups is 1. The summed E-state index contributed by atoms with van der Waals surface area (Å²) in [5, 5.41) is 8.86. The number of sulfonamides is 1. The molecule has 0 aromatic heterocycles. The number of nitrogens with one attached hydrogen (secondary N) is 1. The first-order chi connectivity index (χ1) is 8.88. The minimum atomic E-state index is -3.72. The smallest absolute Gasteiger partial charge is 0.306 e. The number of rotatable bonds is 4. The maximum atomic E-state index is 12.7. The highest BCUT2D eigenvalue weighted by molar-refractivity contribution is 7.89. The first-order valence-electron chi connectivity index (χ1n) is 5.89. The lowest BCUT2D eigenvalue weighted by atomic mass is 10.1. The summed E-state index contributed by atoms with van der Waals surface area (Å²) in [5.41, 5.74) is 0. The number of halogens is 1. The summed E-state index contributed by atoms with van der Waals surface area (Å²) in [6, 6.07) is 4.13. The van der Waals surface area contributed by atoms with Gasteiger partial charge in [-0.3, -0.25) is 4.79 Å². The van der Waals surface area contributed by atoms with E-state index in [1.165, 1.54) is 12.1 Å². The first-order valence-corrected chi connectivity index (χ1v) is 7.37. The summed E-state index contributed by atoms with van der Waals surface area (Å²) in [4.78, 5) is 10.8. The molecule has 0 spiro atoms. The molecule has 104 valence electrons. The van der Waals surface area contributed by atoms with E-state index in [4.69, 9.17) is 5.11 Å². The van der Waals surface area contributed by atoms with Gasteiger partial charge in [-0.2, -0.15) is 0 Å². The molecule has 19 heavy (non-hydrogen) atoms. The van der Waals surface area contributed by atoms with Gasteiger partial charge in [-0.1, -0.05) is 0 Å². The van der Waals surface area contributed by atoms with E-state index in [9.17, 15) is 17.6 Å². The Labute approximate surface area is 110 Å². The van der Waals surface area contributed by atoms with E-state index in [1.54, 1.807) is 0 Å². The topological polar surface area (TPSA) is 83.5 Å². The number of aliphatic carboxylic acids is 1. The largest absolute Gasteiger partial charge is 0.481 e. The molecule has 1 aliphatic rings. The summed E-state index contributed by atoms with van der Waals surface area (Å²) in [6.45, 7) is 0. The molecule has 0 amide bonds. The van der Waals surface area contributed by atoms with Gasteiger partial charge in [0.05, 0.1) is 10.8 Å². The maximum Gasteiger partial charge on any atom is 0.306 e. The number of hydrogen-bond acceptors (Lipinski definition) is 3. The molecule has 2 atom stereocenters. The van der Waals surface area contributed by atoms with Crippen molar-refractivity contribution in [1.82, 2.24) is 4.72 Å². The second-order valence-corrected chi connectivity index (χ2v) is 6.33. The SMILES string of the molecule is O=C(O)[C@@H]1CC[C@H](NS(=O)(=O)c2ccc(F)cc2)C1. The van der Waals surface area contributed by atoms with Crippen molar-refractivity contribution in [3.63, 3.8) is 0 Å². The highest BCUT2D eigenvalue weighted by Gasteiger charge is 2.32. The zero-order chi connectivity index (χ0) is 14.0.